The van der Waals surface area contributed by atoms with Gasteiger partial charge in [-0.2, -0.15) is 0 Å². The molecule has 0 aromatic carbocycles. The van der Waals surface area contributed by atoms with Crippen molar-refractivity contribution in [3.8, 4) is 0 Å². The fraction of sp³-hybridized carbons (Fsp3) is 0.625. The molecule has 166 valence electrons. The summed E-state index contributed by atoms with van der Waals surface area (Å²) in [6.07, 6.45) is 9.92. The Hall–Kier alpha value is -2.41. The highest BCUT2D eigenvalue weighted by molar-refractivity contribution is 5.76. The minimum atomic E-state index is 0.0360. The second-order valence-electron chi connectivity index (χ2n) is 9.69. The van der Waals surface area contributed by atoms with Crippen LogP contribution < -0.4 is 5.56 Å². The molecule has 2 aliphatic heterocycles. The number of piperidine rings is 1. The number of likely N-dealkylation sites (tertiary alicyclic amines) is 1. The lowest BCUT2D eigenvalue weighted by molar-refractivity contribution is -0.132. The quantitative estimate of drug-likeness (QED) is 0.768. The Labute approximate surface area is 183 Å². The number of hydrogen-bond acceptors (Lipinski definition) is 4. The number of carbonyl (C=O) groups excluding carboxylic acids is 1. The van der Waals surface area contributed by atoms with E-state index in [4.69, 9.17) is 4.98 Å². The van der Waals surface area contributed by atoms with Crippen LogP contribution in [-0.4, -0.2) is 56.0 Å². The summed E-state index contributed by atoms with van der Waals surface area (Å²) < 4.78 is 1.63. The number of fused-ring (bicyclic) bond motifs is 2. The predicted octanol–water partition coefficient (Wildman–Crippen LogP) is 2.85. The number of nitrogens with one attached hydrogen (secondary N) is 1. The number of amides is 1. The van der Waals surface area contributed by atoms with Crippen LogP contribution in [0.1, 0.15) is 68.8 Å². The average Bonchev–Trinajstić information content (AvgIpc) is 3.44. The third kappa shape index (κ3) is 3.95. The van der Waals surface area contributed by atoms with Gasteiger partial charge in [-0.25, -0.2) is 9.50 Å². The zero-order valence-electron chi connectivity index (χ0n) is 18.6. The highest BCUT2D eigenvalue weighted by atomic mass is 16.2. The molecule has 0 spiro atoms. The van der Waals surface area contributed by atoms with Crippen LogP contribution in [0.15, 0.2) is 23.0 Å². The van der Waals surface area contributed by atoms with Crippen LogP contribution in [-0.2, 0) is 17.8 Å². The summed E-state index contributed by atoms with van der Waals surface area (Å²) in [5.41, 5.74) is 3.61. The van der Waals surface area contributed by atoms with Crippen molar-refractivity contribution in [2.24, 2.45) is 5.92 Å². The summed E-state index contributed by atoms with van der Waals surface area (Å²) in [5.74, 6) is 1.04. The molecular formula is C24H33N5O2. The van der Waals surface area contributed by atoms with Gasteiger partial charge in [0, 0.05) is 62.7 Å². The molecular weight excluding hydrogens is 390 g/mol. The monoisotopic (exact) mass is 423 g/mol. The lowest BCUT2D eigenvalue weighted by Crippen LogP contribution is -2.40. The fourth-order valence-corrected chi connectivity index (χ4v) is 5.33. The van der Waals surface area contributed by atoms with Crippen molar-refractivity contribution in [3.63, 3.8) is 0 Å². The van der Waals surface area contributed by atoms with Crippen molar-refractivity contribution in [2.75, 3.05) is 19.6 Å². The molecule has 3 aliphatic rings. The third-order valence-electron chi connectivity index (χ3n) is 7.38. The molecule has 1 aliphatic carbocycles. The summed E-state index contributed by atoms with van der Waals surface area (Å²) in [5, 5.41) is 3.34. The molecule has 31 heavy (non-hydrogen) atoms. The first-order valence-electron chi connectivity index (χ1n) is 11.8. The molecule has 1 saturated heterocycles. The molecule has 1 N–H and O–H groups in total. The second-order valence-corrected chi connectivity index (χ2v) is 9.69. The van der Waals surface area contributed by atoms with E-state index in [0.717, 1.165) is 74.3 Å². The molecule has 1 unspecified atom stereocenters. The number of aromatic amines is 1. The molecule has 1 atom stereocenters. The van der Waals surface area contributed by atoms with E-state index in [1.807, 2.05) is 11.0 Å². The first kappa shape index (κ1) is 20.5. The molecule has 5 rings (SSSR count). The molecule has 2 aromatic heterocycles. The maximum absolute atomic E-state index is 13.2. The largest absolute Gasteiger partial charge is 0.343 e. The Morgan fingerprint density at radius 3 is 2.74 bits per heavy atom. The lowest BCUT2D eigenvalue weighted by Gasteiger charge is -2.32. The molecule has 0 radical (unpaired) electrons. The van der Waals surface area contributed by atoms with Gasteiger partial charge in [-0.3, -0.25) is 19.6 Å². The van der Waals surface area contributed by atoms with Crippen LogP contribution >= 0.6 is 0 Å². The van der Waals surface area contributed by atoms with E-state index in [2.05, 4.69) is 36.0 Å². The van der Waals surface area contributed by atoms with Gasteiger partial charge in [-0.15, -0.1) is 0 Å². The summed E-state index contributed by atoms with van der Waals surface area (Å²) in [6, 6.07) is 2.46. The van der Waals surface area contributed by atoms with E-state index in [1.165, 1.54) is 0 Å². The lowest BCUT2D eigenvalue weighted by atomic mass is 9.93. The van der Waals surface area contributed by atoms with E-state index in [1.54, 1.807) is 4.52 Å². The zero-order valence-corrected chi connectivity index (χ0v) is 18.6. The number of nitrogens with zero attached hydrogens (tertiary/aromatic N) is 4. The molecule has 1 fully saturated rings. The van der Waals surface area contributed by atoms with Gasteiger partial charge in [0.05, 0.1) is 11.3 Å². The standard InChI is InChI=1S/C24H33N5O2/c1-16(2)28-12-9-20-19(15-28)24(31)29-22(25-20)14-21(26-29)18-7-10-27(11-8-18)23(30)13-17-5-3-4-6-17/h3,5,14,16-18,26H,4,6-13,15H2,1-2H3. The maximum Gasteiger partial charge on any atom is 0.277 e. The minimum Gasteiger partial charge on any atom is -0.343 e. The Bertz CT molecular complexity index is 1060. The van der Waals surface area contributed by atoms with E-state index in [9.17, 15) is 9.59 Å². The third-order valence-corrected chi connectivity index (χ3v) is 7.38. The van der Waals surface area contributed by atoms with Crippen molar-refractivity contribution >= 4 is 11.6 Å². The van der Waals surface area contributed by atoms with Crippen LogP contribution in [0.2, 0.25) is 0 Å². The first-order chi connectivity index (χ1) is 15.0. The summed E-state index contributed by atoms with van der Waals surface area (Å²) in [7, 11) is 0. The minimum absolute atomic E-state index is 0.0360. The normalized spacial score (nSPS) is 22.5. The molecule has 1 amide bonds. The van der Waals surface area contributed by atoms with Gasteiger partial charge in [-0.1, -0.05) is 12.2 Å². The Morgan fingerprint density at radius 1 is 1.23 bits per heavy atom. The van der Waals surface area contributed by atoms with E-state index in [-0.39, 0.29) is 11.5 Å². The van der Waals surface area contributed by atoms with Crippen molar-refractivity contribution in [1.82, 2.24) is 24.4 Å². The second kappa shape index (κ2) is 8.26. The predicted molar refractivity (Wildman–Crippen MR) is 120 cm³/mol. The van der Waals surface area contributed by atoms with Gasteiger partial charge in [0.2, 0.25) is 5.91 Å². The number of H-pyrrole nitrogens is 1. The highest BCUT2D eigenvalue weighted by Crippen LogP contribution is 2.29. The van der Waals surface area contributed by atoms with Gasteiger partial charge in [0.1, 0.15) is 0 Å². The van der Waals surface area contributed by atoms with Crippen LogP contribution in [0.25, 0.3) is 5.65 Å². The Kier molecular flexibility index (Phi) is 5.46. The number of carbonyl (C=O) groups is 1. The number of aromatic nitrogens is 3. The summed E-state index contributed by atoms with van der Waals surface area (Å²) >= 11 is 0. The van der Waals surface area contributed by atoms with Crippen LogP contribution in [0.5, 0.6) is 0 Å². The zero-order chi connectivity index (χ0) is 21.5. The van der Waals surface area contributed by atoms with Crippen molar-refractivity contribution in [2.45, 2.75) is 70.9 Å². The summed E-state index contributed by atoms with van der Waals surface area (Å²) in [4.78, 5) is 35.0. The van der Waals surface area contributed by atoms with Crippen molar-refractivity contribution in [1.29, 1.82) is 0 Å². The van der Waals surface area contributed by atoms with Crippen LogP contribution in [0.3, 0.4) is 0 Å². The van der Waals surface area contributed by atoms with Crippen LogP contribution in [0.4, 0.5) is 0 Å². The number of allylic oxidation sites excluding steroid dienone is 2. The molecule has 2 aromatic rings. The van der Waals surface area contributed by atoms with E-state index < -0.39 is 0 Å². The Balaban J connectivity index is 1.29. The number of hydrogen-bond donors (Lipinski definition) is 1. The summed E-state index contributed by atoms with van der Waals surface area (Å²) in [6.45, 7) is 7.54. The van der Waals surface area contributed by atoms with Gasteiger partial charge >= 0.3 is 0 Å². The van der Waals surface area contributed by atoms with Gasteiger partial charge in [-0.05, 0) is 45.4 Å². The molecule has 4 heterocycles. The number of rotatable bonds is 4. The van der Waals surface area contributed by atoms with E-state index >= 15 is 0 Å². The van der Waals surface area contributed by atoms with Crippen LogP contribution in [0, 0.1) is 5.92 Å². The van der Waals surface area contributed by atoms with Gasteiger partial charge < -0.3 is 4.90 Å². The highest BCUT2D eigenvalue weighted by Gasteiger charge is 2.28. The first-order valence-corrected chi connectivity index (χ1v) is 11.8. The molecule has 7 nitrogen and oxygen atoms in total. The molecule has 0 bridgehead atoms. The average molecular weight is 424 g/mol. The maximum atomic E-state index is 13.2. The van der Waals surface area contributed by atoms with Gasteiger partial charge in [0.25, 0.3) is 5.56 Å². The van der Waals surface area contributed by atoms with Crippen molar-refractivity contribution < 1.29 is 4.79 Å². The smallest absolute Gasteiger partial charge is 0.277 e. The van der Waals surface area contributed by atoms with Gasteiger partial charge in [0.15, 0.2) is 5.65 Å². The topological polar surface area (TPSA) is 73.7 Å². The SMILES string of the molecule is CC(C)N1CCc2nc3cc(C4CCN(C(=O)CC5C=CCC5)CC4)[nH]n3c(=O)c2C1. The molecule has 7 heteroatoms. The molecule has 0 saturated carbocycles. The van der Waals surface area contributed by atoms with E-state index in [0.29, 0.717) is 30.8 Å². The van der Waals surface area contributed by atoms with Crippen molar-refractivity contribution in [3.05, 3.63) is 45.5 Å². The fourth-order valence-electron chi connectivity index (χ4n) is 5.33. The Morgan fingerprint density at radius 2 is 2.03 bits per heavy atom.